The largest absolute Gasteiger partial charge is 0.504 e. The molecule has 12 nitrogen and oxygen atoms in total. The number of carbonyl (C=O) groups excluding carboxylic acids is 2. The molecule has 0 spiro atoms. The lowest BCUT2D eigenvalue weighted by Crippen LogP contribution is -2.22. The molecule has 5 rings (SSSR count). The van der Waals surface area contributed by atoms with E-state index in [1.165, 1.54) is 48.8 Å². The van der Waals surface area contributed by atoms with Crippen molar-refractivity contribution >= 4 is 55.9 Å². The van der Waals surface area contributed by atoms with Crippen LogP contribution >= 0.6 is 0 Å². The molecule has 2 aromatic carbocycles. The highest BCUT2D eigenvalue weighted by Crippen LogP contribution is 2.39. The maximum atomic E-state index is 13.1. The summed E-state index contributed by atoms with van der Waals surface area (Å²) in [5.41, 5.74) is -0.802. The van der Waals surface area contributed by atoms with Crippen LogP contribution in [0.1, 0.15) is 11.1 Å². The van der Waals surface area contributed by atoms with Crippen LogP contribution in [0.5, 0.6) is 0 Å². The van der Waals surface area contributed by atoms with E-state index < -0.39 is 44.1 Å². The quantitative estimate of drug-likeness (QED) is 0.200. The van der Waals surface area contributed by atoms with Gasteiger partial charge in [-0.1, -0.05) is 0 Å². The summed E-state index contributed by atoms with van der Waals surface area (Å²) >= 11 is 0. The molecule has 0 bridgehead atoms. The van der Waals surface area contributed by atoms with Gasteiger partial charge in [0.25, 0.3) is 11.4 Å². The molecule has 4 aromatic rings. The van der Waals surface area contributed by atoms with Crippen LogP contribution in [0.25, 0.3) is 33.0 Å². The van der Waals surface area contributed by atoms with E-state index in [0.717, 1.165) is 0 Å². The van der Waals surface area contributed by atoms with Crippen molar-refractivity contribution in [3.63, 3.8) is 0 Å². The second-order valence-electron chi connectivity index (χ2n) is 7.48. The van der Waals surface area contributed by atoms with Gasteiger partial charge in [0.15, 0.2) is 11.5 Å². The number of nitrogens with zero attached hydrogens (tertiary/aromatic N) is 2. The summed E-state index contributed by atoms with van der Waals surface area (Å²) in [6.45, 7) is 0. The second kappa shape index (κ2) is 7.13. The molecule has 2 aromatic heterocycles. The lowest BCUT2D eigenvalue weighted by atomic mass is 9.86. The third kappa shape index (κ3) is 2.86. The zero-order valence-corrected chi connectivity index (χ0v) is 16.9. The number of H-pyrrole nitrogens is 2. The maximum absolute atomic E-state index is 13.1. The van der Waals surface area contributed by atoms with Crippen LogP contribution < -0.4 is 0 Å². The van der Waals surface area contributed by atoms with Crippen molar-refractivity contribution in [2.24, 2.45) is 0 Å². The van der Waals surface area contributed by atoms with Gasteiger partial charge in [0.1, 0.15) is 0 Å². The highest BCUT2D eigenvalue weighted by Gasteiger charge is 2.38. The fourth-order valence-corrected chi connectivity index (χ4v) is 4.04. The van der Waals surface area contributed by atoms with Crippen LogP contribution in [0.2, 0.25) is 0 Å². The van der Waals surface area contributed by atoms with E-state index in [-0.39, 0.29) is 33.3 Å². The zero-order valence-electron chi connectivity index (χ0n) is 16.9. The van der Waals surface area contributed by atoms with Crippen molar-refractivity contribution in [3.05, 3.63) is 91.7 Å². The number of aliphatic hydroxyl groups excluding tert-OH is 2. The standard InChI is InChI=1S/C22H12N4O8/c27-19-17(13-7-23-15-3-1-9(25(31)32)5-11(13)15)20(28)22(30)18(21(19)29)14-8-24-16-4-2-10(26(33)34)6-12(14)16/h1-8,23-24,27,30H. The van der Waals surface area contributed by atoms with Crippen molar-refractivity contribution in [2.45, 2.75) is 0 Å². The number of aromatic amines is 2. The van der Waals surface area contributed by atoms with Crippen LogP contribution in [-0.4, -0.2) is 41.6 Å². The number of allylic oxidation sites excluding steroid dienone is 2. The Bertz CT molecular complexity index is 1550. The number of aliphatic hydroxyl groups is 2. The Morgan fingerprint density at radius 3 is 1.41 bits per heavy atom. The summed E-state index contributed by atoms with van der Waals surface area (Å²) in [5.74, 6) is -4.10. The smallest absolute Gasteiger partial charge is 0.270 e. The molecular weight excluding hydrogens is 448 g/mol. The SMILES string of the molecule is O=C1C(O)=C(c2c[nH]c3ccc([N+](=O)[O-])cc23)C(=O)C(O)=C1c1c[nH]c2ccc([N+](=O)[O-])cc12. The number of carbonyl (C=O) groups is 2. The molecule has 0 radical (unpaired) electrons. The monoisotopic (exact) mass is 460 g/mol. The molecule has 0 amide bonds. The van der Waals surface area contributed by atoms with Crippen LogP contribution in [0.4, 0.5) is 11.4 Å². The normalized spacial score (nSPS) is 14.5. The van der Waals surface area contributed by atoms with Gasteiger partial charge in [-0.05, 0) is 12.1 Å². The summed E-state index contributed by atoms with van der Waals surface area (Å²) in [6, 6.07) is 7.66. The minimum absolute atomic E-state index is 0.00489. The minimum Gasteiger partial charge on any atom is -0.504 e. The minimum atomic E-state index is -1.08. The zero-order chi connectivity index (χ0) is 24.3. The number of nitro benzene ring substituents is 2. The molecular formula is C22H12N4O8. The van der Waals surface area contributed by atoms with Gasteiger partial charge in [-0.2, -0.15) is 0 Å². The molecule has 2 heterocycles. The maximum Gasteiger partial charge on any atom is 0.270 e. The van der Waals surface area contributed by atoms with Gasteiger partial charge in [-0.25, -0.2) is 0 Å². The predicted molar refractivity (Wildman–Crippen MR) is 119 cm³/mol. The number of nitro groups is 2. The molecule has 0 unspecified atom stereocenters. The summed E-state index contributed by atoms with van der Waals surface area (Å²) in [6.07, 6.45) is 2.58. The van der Waals surface area contributed by atoms with Gasteiger partial charge in [0.05, 0.1) is 21.0 Å². The first-order valence-electron chi connectivity index (χ1n) is 9.66. The molecule has 0 aliphatic heterocycles. The number of rotatable bonds is 4. The van der Waals surface area contributed by atoms with Gasteiger partial charge in [0.2, 0.25) is 11.6 Å². The summed E-state index contributed by atoms with van der Waals surface area (Å²) in [5, 5.41) is 44.1. The fourth-order valence-electron chi connectivity index (χ4n) is 4.04. The van der Waals surface area contributed by atoms with Gasteiger partial charge in [-0.15, -0.1) is 0 Å². The number of fused-ring (bicyclic) bond motifs is 2. The molecule has 34 heavy (non-hydrogen) atoms. The summed E-state index contributed by atoms with van der Waals surface area (Å²) in [7, 11) is 0. The number of hydrogen-bond donors (Lipinski definition) is 4. The van der Waals surface area contributed by atoms with E-state index in [4.69, 9.17) is 0 Å². The Morgan fingerprint density at radius 1 is 0.676 bits per heavy atom. The number of hydrogen-bond acceptors (Lipinski definition) is 8. The molecule has 0 saturated carbocycles. The Hall–Kier alpha value is -5.26. The molecule has 4 N–H and O–H groups in total. The number of Topliss-reactive ketones (excluding diaryl/α,β-unsaturated/α-hetero) is 2. The number of aromatic nitrogens is 2. The van der Waals surface area contributed by atoms with Gasteiger partial charge < -0.3 is 20.2 Å². The van der Waals surface area contributed by atoms with Gasteiger partial charge >= 0.3 is 0 Å². The van der Waals surface area contributed by atoms with Gasteiger partial charge in [-0.3, -0.25) is 29.8 Å². The Labute approximate surface area is 187 Å². The Morgan fingerprint density at radius 2 is 1.06 bits per heavy atom. The molecule has 0 saturated heterocycles. The number of benzene rings is 2. The lowest BCUT2D eigenvalue weighted by Gasteiger charge is -2.17. The number of ketones is 2. The molecule has 12 heteroatoms. The summed E-state index contributed by atoms with van der Waals surface area (Å²) in [4.78, 5) is 52.9. The molecule has 168 valence electrons. The average Bonchev–Trinajstić information content (AvgIpc) is 3.42. The molecule has 1 aliphatic carbocycles. The van der Waals surface area contributed by atoms with Crippen LogP contribution in [0.15, 0.2) is 60.3 Å². The highest BCUT2D eigenvalue weighted by molar-refractivity contribution is 6.48. The van der Waals surface area contributed by atoms with Crippen LogP contribution in [0, 0.1) is 20.2 Å². The third-order valence-electron chi connectivity index (χ3n) is 5.65. The molecule has 0 atom stereocenters. The highest BCUT2D eigenvalue weighted by atomic mass is 16.6. The van der Waals surface area contributed by atoms with E-state index in [1.807, 2.05) is 0 Å². The average molecular weight is 460 g/mol. The number of non-ortho nitro benzene ring substituents is 2. The van der Waals surface area contributed by atoms with E-state index in [0.29, 0.717) is 11.0 Å². The van der Waals surface area contributed by atoms with Crippen molar-refractivity contribution in [2.75, 3.05) is 0 Å². The van der Waals surface area contributed by atoms with E-state index in [9.17, 15) is 40.0 Å². The van der Waals surface area contributed by atoms with Gasteiger partial charge in [0, 0.05) is 69.6 Å². The Balaban J connectivity index is 1.68. The van der Waals surface area contributed by atoms with Crippen molar-refractivity contribution in [1.29, 1.82) is 0 Å². The van der Waals surface area contributed by atoms with Crippen LogP contribution in [0.3, 0.4) is 0 Å². The first kappa shape index (κ1) is 20.6. The Kier molecular flexibility index (Phi) is 4.33. The van der Waals surface area contributed by atoms with Crippen LogP contribution in [-0.2, 0) is 9.59 Å². The number of nitrogens with one attached hydrogen (secondary N) is 2. The van der Waals surface area contributed by atoms with E-state index >= 15 is 0 Å². The van der Waals surface area contributed by atoms with Crippen molar-refractivity contribution in [3.8, 4) is 0 Å². The first-order chi connectivity index (χ1) is 16.2. The second-order valence-corrected chi connectivity index (χ2v) is 7.48. The van der Waals surface area contributed by atoms with E-state index in [1.54, 1.807) is 0 Å². The predicted octanol–water partition coefficient (Wildman–Crippen LogP) is 3.86. The van der Waals surface area contributed by atoms with Crippen molar-refractivity contribution < 1.29 is 29.6 Å². The third-order valence-corrected chi connectivity index (χ3v) is 5.65. The first-order valence-corrected chi connectivity index (χ1v) is 9.66. The van der Waals surface area contributed by atoms with Crippen molar-refractivity contribution in [1.82, 2.24) is 9.97 Å². The summed E-state index contributed by atoms with van der Waals surface area (Å²) < 4.78 is 0. The fraction of sp³-hybridized carbons (Fsp3) is 0. The molecule has 0 fully saturated rings. The lowest BCUT2D eigenvalue weighted by molar-refractivity contribution is -0.384. The topological polar surface area (TPSA) is 192 Å². The van der Waals surface area contributed by atoms with E-state index in [2.05, 4.69) is 9.97 Å². The molecule has 1 aliphatic rings.